The summed E-state index contributed by atoms with van der Waals surface area (Å²) in [4.78, 5) is 30.5. The summed E-state index contributed by atoms with van der Waals surface area (Å²) in [5, 5.41) is 15.0. The van der Waals surface area contributed by atoms with Crippen molar-refractivity contribution in [1.29, 1.82) is 0 Å². The molecule has 0 radical (unpaired) electrons. The molecule has 0 saturated heterocycles. The van der Waals surface area contributed by atoms with Gasteiger partial charge in [-0.15, -0.1) is 11.3 Å². The fraction of sp³-hybridized carbons (Fsp3) is 0.290. The van der Waals surface area contributed by atoms with Crippen LogP contribution < -0.4 is 10.1 Å². The smallest absolute Gasteiger partial charge is 0.270 e. The maximum atomic E-state index is 13.7. The van der Waals surface area contributed by atoms with Gasteiger partial charge in [-0.2, -0.15) is 0 Å². The summed E-state index contributed by atoms with van der Waals surface area (Å²) in [5.41, 5.74) is 5.09. The summed E-state index contributed by atoms with van der Waals surface area (Å²) in [6.07, 6.45) is 7.88. The third kappa shape index (κ3) is 5.99. The van der Waals surface area contributed by atoms with Gasteiger partial charge in [-0.1, -0.05) is 18.9 Å². The lowest BCUT2D eigenvalue weighted by atomic mass is 9.96. The summed E-state index contributed by atoms with van der Waals surface area (Å²) in [6, 6.07) is 13.8. The fourth-order valence-corrected chi connectivity index (χ4v) is 6.39. The Labute approximate surface area is 236 Å². The second-order valence-corrected chi connectivity index (χ2v) is 11.1. The Morgan fingerprint density at radius 2 is 1.80 bits per heavy atom. The van der Waals surface area contributed by atoms with E-state index < -0.39 is 4.92 Å². The van der Waals surface area contributed by atoms with Crippen LogP contribution >= 0.6 is 11.3 Å². The SMILES string of the molecule is COc1ccc([N+](=O)[O-])cc1-c1ccc(C=Nc2sc3c(c2C(=O)Nc2cc(C)cc(C)c2)CCCCCC3)o1. The maximum Gasteiger partial charge on any atom is 0.270 e. The van der Waals surface area contributed by atoms with Crippen molar-refractivity contribution in [2.75, 3.05) is 12.4 Å². The van der Waals surface area contributed by atoms with Gasteiger partial charge < -0.3 is 14.5 Å². The number of methoxy groups -OCH3 is 1. The van der Waals surface area contributed by atoms with Crippen LogP contribution in [-0.2, 0) is 12.8 Å². The topological polar surface area (TPSA) is 107 Å². The number of thiophene rings is 1. The Balaban J connectivity index is 1.48. The van der Waals surface area contributed by atoms with E-state index in [1.165, 1.54) is 30.5 Å². The van der Waals surface area contributed by atoms with Crippen LogP contribution in [0.15, 0.2) is 57.9 Å². The molecule has 40 heavy (non-hydrogen) atoms. The number of hydrogen-bond donors (Lipinski definition) is 1. The zero-order valence-corrected chi connectivity index (χ0v) is 23.6. The summed E-state index contributed by atoms with van der Waals surface area (Å²) in [7, 11) is 1.50. The fourth-order valence-electron chi connectivity index (χ4n) is 5.16. The number of rotatable bonds is 7. The molecule has 1 aliphatic rings. The van der Waals surface area contributed by atoms with Crippen LogP contribution in [0.1, 0.15) is 63.4 Å². The molecule has 0 atom stereocenters. The monoisotopic (exact) mass is 557 g/mol. The Hall–Kier alpha value is -4.24. The molecule has 0 bridgehead atoms. The number of nitrogens with one attached hydrogen (secondary N) is 1. The number of carbonyl (C=O) groups excluding carboxylic acids is 1. The minimum atomic E-state index is -0.456. The molecule has 1 amide bonds. The molecule has 9 heteroatoms. The predicted octanol–water partition coefficient (Wildman–Crippen LogP) is 8.20. The van der Waals surface area contributed by atoms with Gasteiger partial charge in [0.05, 0.1) is 29.4 Å². The lowest BCUT2D eigenvalue weighted by molar-refractivity contribution is -0.384. The molecule has 2 aromatic heterocycles. The Morgan fingerprint density at radius 3 is 2.52 bits per heavy atom. The van der Waals surface area contributed by atoms with Crippen LogP contribution in [-0.4, -0.2) is 24.2 Å². The highest BCUT2D eigenvalue weighted by atomic mass is 32.1. The third-order valence-electron chi connectivity index (χ3n) is 6.95. The minimum Gasteiger partial charge on any atom is -0.496 e. The molecule has 0 unspecified atom stereocenters. The highest BCUT2D eigenvalue weighted by molar-refractivity contribution is 7.16. The average Bonchev–Trinajstić information content (AvgIpc) is 3.50. The first-order chi connectivity index (χ1) is 19.3. The van der Waals surface area contributed by atoms with Crippen molar-refractivity contribution in [2.24, 2.45) is 4.99 Å². The van der Waals surface area contributed by atoms with Crippen molar-refractivity contribution >= 4 is 39.8 Å². The highest BCUT2D eigenvalue weighted by Crippen LogP contribution is 2.40. The van der Waals surface area contributed by atoms with Gasteiger partial charge in [0.25, 0.3) is 11.6 Å². The van der Waals surface area contributed by atoms with Gasteiger partial charge in [0.1, 0.15) is 22.3 Å². The van der Waals surface area contributed by atoms with Gasteiger partial charge in [-0.05, 0) is 86.6 Å². The molecule has 0 saturated carbocycles. The molecular formula is C31H31N3O5S. The number of hydrogen-bond acceptors (Lipinski definition) is 7. The van der Waals surface area contributed by atoms with Crippen molar-refractivity contribution in [1.82, 2.24) is 0 Å². The van der Waals surface area contributed by atoms with E-state index >= 15 is 0 Å². The number of anilines is 1. The number of furan rings is 1. The average molecular weight is 558 g/mol. The molecule has 0 aliphatic heterocycles. The summed E-state index contributed by atoms with van der Waals surface area (Å²) in [6.45, 7) is 4.03. The van der Waals surface area contributed by atoms with Crippen molar-refractivity contribution in [3.8, 4) is 17.1 Å². The Kier molecular flexibility index (Phi) is 8.11. The number of fused-ring (bicyclic) bond motifs is 1. The van der Waals surface area contributed by atoms with Gasteiger partial charge in [0.2, 0.25) is 0 Å². The van der Waals surface area contributed by atoms with E-state index in [4.69, 9.17) is 14.1 Å². The molecule has 206 valence electrons. The predicted molar refractivity (Wildman–Crippen MR) is 159 cm³/mol. The van der Waals surface area contributed by atoms with Crippen LogP contribution in [0.2, 0.25) is 0 Å². The summed E-state index contributed by atoms with van der Waals surface area (Å²) >= 11 is 1.57. The first-order valence-corrected chi connectivity index (χ1v) is 14.1. The van der Waals surface area contributed by atoms with Crippen LogP contribution in [0.3, 0.4) is 0 Å². The van der Waals surface area contributed by atoms with Gasteiger partial charge in [0.15, 0.2) is 0 Å². The number of benzene rings is 2. The quantitative estimate of drug-likeness (QED) is 0.140. The maximum absolute atomic E-state index is 13.7. The second kappa shape index (κ2) is 11.9. The number of amides is 1. The number of ether oxygens (including phenoxy) is 1. The molecule has 0 fully saturated rings. The van der Waals surface area contributed by atoms with Crippen LogP contribution in [0, 0.1) is 24.0 Å². The number of nitro benzene ring substituents is 1. The largest absolute Gasteiger partial charge is 0.496 e. The summed E-state index contributed by atoms with van der Waals surface area (Å²) in [5.74, 6) is 1.20. The molecule has 8 nitrogen and oxygen atoms in total. The number of aliphatic imine (C=N–C) groups is 1. The van der Waals surface area contributed by atoms with Crippen molar-refractivity contribution in [3.05, 3.63) is 91.5 Å². The molecule has 1 N–H and O–H groups in total. The number of nitro groups is 1. The van der Waals surface area contributed by atoms with Crippen molar-refractivity contribution < 1.29 is 18.9 Å². The van der Waals surface area contributed by atoms with Gasteiger partial charge in [-0.25, -0.2) is 4.99 Å². The molecule has 0 spiro atoms. The standard InChI is InChI=1S/C31H31N3O5S/c1-19-14-20(2)16-21(15-19)33-30(35)29-24-8-6-4-5-7-9-28(24)40-31(29)32-18-23-11-13-27(39-23)25-17-22(34(36)37)10-12-26(25)38-3/h10-18H,4-9H2,1-3H3,(H,33,35). The van der Waals surface area contributed by atoms with Crippen LogP contribution in [0.5, 0.6) is 5.75 Å². The zero-order chi connectivity index (χ0) is 28.2. The van der Waals surface area contributed by atoms with E-state index in [0.29, 0.717) is 33.4 Å². The Bertz CT molecular complexity index is 1580. The van der Waals surface area contributed by atoms with E-state index in [9.17, 15) is 14.9 Å². The normalized spacial score (nSPS) is 13.5. The molecule has 4 aromatic rings. The van der Waals surface area contributed by atoms with Gasteiger partial charge in [0, 0.05) is 22.7 Å². The molecular weight excluding hydrogens is 526 g/mol. The second-order valence-electron chi connectivity index (χ2n) is 10.0. The van der Waals surface area contributed by atoms with Crippen LogP contribution in [0.4, 0.5) is 16.4 Å². The third-order valence-corrected chi connectivity index (χ3v) is 8.15. The highest BCUT2D eigenvalue weighted by Gasteiger charge is 2.24. The molecule has 5 rings (SSSR count). The van der Waals surface area contributed by atoms with E-state index in [1.807, 2.05) is 26.0 Å². The molecule has 2 heterocycles. The first-order valence-electron chi connectivity index (χ1n) is 13.3. The van der Waals surface area contributed by atoms with Gasteiger partial charge in [-0.3, -0.25) is 14.9 Å². The lowest BCUT2D eigenvalue weighted by Gasteiger charge is -2.12. The Morgan fingerprint density at radius 1 is 1.05 bits per heavy atom. The molecule has 2 aromatic carbocycles. The number of nitrogens with zero attached hydrogens (tertiary/aromatic N) is 2. The van der Waals surface area contributed by atoms with Crippen molar-refractivity contribution in [3.63, 3.8) is 0 Å². The van der Waals surface area contributed by atoms with E-state index in [1.54, 1.807) is 35.8 Å². The van der Waals surface area contributed by atoms with Gasteiger partial charge >= 0.3 is 0 Å². The molecule has 1 aliphatic carbocycles. The lowest BCUT2D eigenvalue weighted by Crippen LogP contribution is -2.14. The minimum absolute atomic E-state index is 0.0575. The zero-order valence-electron chi connectivity index (χ0n) is 22.8. The number of aryl methyl sites for hydroxylation is 3. The number of carbonyl (C=O) groups is 1. The van der Waals surface area contributed by atoms with Crippen LogP contribution in [0.25, 0.3) is 11.3 Å². The van der Waals surface area contributed by atoms with E-state index in [-0.39, 0.29) is 11.6 Å². The summed E-state index contributed by atoms with van der Waals surface area (Å²) < 4.78 is 11.4. The van der Waals surface area contributed by atoms with Crippen molar-refractivity contribution in [2.45, 2.75) is 52.4 Å². The number of non-ortho nitro benzene ring substituents is 1. The van der Waals surface area contributed by atoms with E-state index in [2.05, 4.69) is 11.4 Å². The first kappa shape index (κ1) is 27.3. The van der Waals surface area contributed by atoms with E-state index in [0.717, 1.165) is 54.5 Å².